The Labute approximate surface area is 168 Å². The molecule has 0 aliphatic heterocycles. The Morgan fingerprint density at radius 1 is 1.21 bits per heavy atom. The molecule has 6 nitrogen and oxygen atoms in total. The van der Waals surface area contributed by atoms with E-state index in [1.165, 1.54) is 11.3 Å². The Balaban J connectivity index is 1.94. The molecule has 11 heteroatoms. The maximum Gasteiger partial charge on any atom is 0.246 e. The van der Waals surface area contributed by atoms with E-state index in [-0.39, 0.29) is 12.5 Å². The van der Waals surface area contributed by atoms with Crippen LogP contribution in [0.2, 0.25) is 4.34 Å². The molecule has 0 radical (unpaired) electrons. The van der Waals surface area contributed by atoms with Crippen LogP contribution in [0.1, 0.15) is 17.9 Å². The van der Waals surface area contributed by atoms with Crippen LogP contribution in [0.15, 0.2) is 29.3 Å². The number of halogens is 4. The number of aliphatic hydroxyl groups excluding tert-OH is 1. The lowest BCUT2D eigenvalue weighted by molar-refractivity contribution is -0.114. The van der Waals surface area contributed by atoms with Crippen molar-refractivity contribution in [2.45, 2.75) is 13.0 Å². The van der Waals surface area contributed by atoms with E-state index >= 15 is 0 Å². The summed E-state index contributed by atoms with van der Waals surface area (Å²) in [7, 11) is 0. The summed E-state index contributed by atoms with van der Waals surface area (Å²) in [5.74, 6) is -4.99. The number of thiophene rings is 1. The van der Waals surface area contributed by atoms with Crippen LogP contribution in [0, 0.1) is 17.5 Å². The zero-order valence-corrected chi connectivity index (χ0v) is 16.3. The maximum absolute atomic E-state index is 13.6. The standard InChI is InChI=1S/C17H18ClF3N4O2S/c1-2-22-17(23-7-11(26)12-5-6-13(18)28-12)24-8-14(27)25-10-4-3-9(19)15(20)16(10)21/h3-6,11,26H,2,7-8H2,1H3,(H,25,27)(H2,22,23,24). The second-order valence-corrected chi connectivity index (χ2v) is 7.25. The lowest BCUT2D eigenvalue weighted by Gasteiger charge is -2.14. The number of hydrogen-bond acceptors (Lipinski definition) is 4. The molecule has 1 atom stereocenters. The van der Waals surface area contributed by atoms with E-state index in [9.17, 15) is 23.1 Å². The van der Waals surface area contributed by atoms with E-state index in [0.29, 0.717) is 21.8 Å². The molecule has 28 heavy (non-hydrogen) atoms. The van der Waals surface area contributed by atoms with E-state index in [1.807, 2.05) is 6.92 Å². The average Bonchev–Trinajstić information content (AvgIpc) is 3.10. The third kappa shape index (κ3) is 6.11. The molecule has 1 amide bonds. The van der Waals surface area contributed by atoms with Gasteiger partial charge in [-0.05, 0) is 31.2 Å². The highest BCUT2D eigenvalue weighted by molar-refractivity contribution is 7.16. The first kappa shape index (κ1) is 22.0. The van der Waals surface area contributed by atoms with Crippen molar-refractivity contribution in [3.8, 4) is 0 Å². The zero-order valence-electron chi connectivity index (χ0n) is 14.7. The molecule has 2 rings (SSSR count). The fourth-order valence-electron chi connectivity index (χ4n) is 2.11. The molecular weight excluding hydrogens is 417 g/mol. The number of carbonyl (C=O) groups is 1. The molecule has 1 aromatic carbocycles. The molecule has 0 saturated heterocycles. The summed E-state index contributed by atoms with van der Waals surface area (Å²) in [6.45, 7) is 2.01. The minimum atomic E-state index is -1.67. The number of guanidine groups is 1. The molecule has 1 heterocycles. The number of aliphatic hydroxyl groups is 1. The third-order valence-electron chi connectivity index (χ3n) is 3.42. The first-order chi connectivity index (χ1) is 13.3. The summed E-state index contributed by atoms with van der Waals surface area (Å²) in [4.78, 5) is 16.6. The van der Waals surface area contributed by atoms with E-state index < -0.39 is 41.7 Å². The predicted octanol–water partition coefficient (Wildman–Crippen LogP) is 3.05. The van der Waals surface area contributed by atoms with Crippen LogP contribution in [0.5, 0.6) is 0 Å². The molecule has 1 aromatic heterocycles. The fourth-order valence-corrected chi connectivity index (χ4v) is 3.15. The van der Waals surface area contributed by atoms with Crippen LogP contribution in [-0.2, 0) is 4.79 Å². The second kappa shape index (κ2) is 10.3. The largest absolute Gasteiger partial charge is 0.386 e. The van der Waals surface area contributed by atoms with Crippen LogP contribution in [-0.4, -0.2) is 36.6 Å². The van der Waals surface area contributed by atoms with Crippen LogP contribution >= 0.6 is 22.9 Å². The zero-order chi connectivity index (χ0) is 20.7. The highest BCUT2D eigenvalue weighted by Gasteiger charge is 2.15. The van der Waals surface area contributed by atoms with Crippen LogP contribution in [0.3, 0.4) is 0 Å². The topological polar surface area (TPSA) is 85.8 Å². The van der Waals surface area contributed by atoms with E-state index in [0.717, 1.165) is 6.07 Å². The van der Waals surface area contributed by atoms with E-state index in [1.54, 1.807) is 12.1 Å². The highest BCUT2D eigenvalue weighted by Crippen LogP contribution is 2.26. The van der Waals surface area contributed by atoms with Crippen molar-refractivity contribution >= 4 is 40.5 Å². The SMILES string of the molecule is CCNC(=NCC(=O)Nc1ccc(F)c(F)c1F)NCC(O)c1ccc(Cl)s1. The summed E-state index contributed by atoms with van der Waals surface area (Å²) in [5.41, 5.74) is -0.484. The minimum Gasteiger partial charge on any atom is -0.386 e. The summed E-state index contributed by atoms with van der Waals surface area (Å²) < 4.78 is 40.3. The van der Waals surface area contributed by atoms with Gasteiger partial charge in [-0.3, -0.25) is 4.79 Å². The predicted molar refractivity (Wildman–Crippen MR) is 103 cm³/mol. The van der Waals surface area contributed by atoms with Gasteiger partial charge in [-0.1, -0.05) is 11.6 Å². The van der Waals surface area contributed by atoms with Gasteiger partial charge in [0.1, 0.15) is 12.6 Å². The van der Waals surface area contributed by atoms with Gasteiger partial charge < -0.3 is 21.1 Å². The number of carbonyl (C=O) groups excluding carboxylic acids is 1. The molecule has 0 fully saturated rings. The lowest BCUT2D eigenvalue weighted by atomic mass is 10.2. The molecule has 0 aliphatic rings. The quantitative estimate of drug-likeness (QED) is 0.306. The Kier molecular flexibility index (Phi) is 8.09. The monoisotopic (exact) mass is 434 g/mol. The number of benzene rings is 1. The molecule has 4 N–H and O–H groups in total. The first-order valence-corrected chi connectivity index (χ1v) is 9.40. The van der Waals surface area contributed by atoms with Crippen molar-refractivity contribution < 1.29 is 23.1 Å². The Bertz CT molecular complexity index is 863. The molecule has 0 aliphatic carbocycles. The number of anilines is 1. The number of rotatable bonds is 7. The van der Waals surface area contributed by atoms with Crippen LogP contribution in [0.4, 0.5) is 18.9 Å². The molecule has 2 aromatic rings. The molecule has 152 valence electrons. The third-order valence-corrected chi connectivity index (χ3v) is 4.75. The highest BCUT2D eigenvalue weighted by atomic mass is 35.5. The van der Waals surface area contributed by atoms with Gasteiger partial charge in [0.25, 0.3) is 0 Å². The number of nitrogens with zero attached hydrogens (tertiary/aromatic N) is 1. The van der Waals surface area contributed by atoms with Crippen molar-refractivity contribution in [1.82, 2.24) is 10.6 Å². The molecule has 0 saturated carbocycles. The number of hydrogen-bond donors (Lipinski definition) is 4. The molecule has 0 spiro atoms. The van der Waals surface area contributed by atoms with Gasteiger partial charge in [0.15, 0.2) is 23.4 Å². The Morgan fingerprint density at radius 3 is 2.61 bits per heavy atom. The molecule has 0 bridgehead atoms. The summed E-state index contributed by atoms with van der Waals surface area (Å²) >= 11 is 7.08. The summed E-state index contributed by atoms with van der Waals surface area (Å²) in [5, 5.41) is 18.0. The number of amides is 1. The maximum atomic E-state index is 13.6. The fraction of sp³-hybridized carbons (Fsp3) is 0.294. The van der Waals surface area contributed by atoms with Gasteiger partial charge in [-0.15, -0.1) is 11.3 Å². The molecular formula is C17H18ClF3N4O2S. The normalized spacial score (nSPS) is 12.6. The van der Waals surface area contributed by atoms with Gasteiger partial charge in [0, 0.05) is 18.0 Å². The van der Waals surface area contributed by atoms with Crippen molar-refractivity contribution in [3.05, 3.63) is 50.9 Å². The Hall–Kier alpha value is -2.30. The van der Waals surface area contributed by atoms with Gasteiger partial charge >= 0.3 is 0 Å². The van der Waals surface area contributed by atoms with Crippen LogP contribution < -0.4 is 16.0 Å². The van der Waals surface area contributed by atoms with Crippen molar-refractivity contribution in [2.75, 3.05) is 25.0 Å². The van der Waals surface area contributed by atoms with Crippen LogP contribution in [0.25, 0.3) is 0 Å². The van der Waals surface area contributed by atoms with Gasteiger partial charge in [-0.2, -0.15) is 0 Å². The molecule has 1 unspecified atom stereocenters. The number of nitrogens with one attached hydrogen (secondary N) is 3. The first-order valence-electron chi connectivity index (χ1n) is 8.20. The summed E-state index contributed by atoms with van der Waals surface area (Å²) in [6.07, 6.45) is -0.827. The van der Waals surface area contributed by atoms with Crippen molar-refractivity contribution in [2.24, 2.45) is 4.99 Å². The smallest absolute Gasteiger partial charge is 0.246 e. The van der Waals surface area contributed by atoms with Crippen molar-refractivity contribution in [1.29, 1.82) is 0 Å². The van der Waals surface area contributed by atoms with Gasteiger partial charge in [-0.25, -0.2) is 18.2 Å². The Morgan fingerprint density at radius 2 is 1.96 bits per heavy atom. The second-order valence-electron chi connectivity index (χ2n) is 5.50. The van der Waals surface area contributed by atoms with Gasteiger partial charge in [0.05, 0.1) is 10.0 Å². The summed E-state index contributed by atoms with van der Waals surface area (Å²) in [6, 6.07) is 5.00. The van der Waals surface area contributed by atoms with Gasteiger partial charge in [0.2, 0.25) is 5.91 Å². The minimum absolute atomic E-state index is 0.113. The van der Waals surface area contributed by atoms with E-state index in [2.05, 4.69) is 20.9 Å². The lowest BCUT2D eigenvalue weighted by Crippen LogP contribution is -2.40. The van der Waals surface area contributed by atoms with Crippen molar-refractivity contribution in [3.63, 3.8) is 0 Å². The van der Waals surface area contributed by atoms with E-state index in [4.69, 9.17) is 11.6 Å². The number of aliphatic imine (C=N–C) groups is 1. The average molecular weight is 435 g/mol.